The summed E-state index contributed by atoms with van der Waals surface area (Å²) in [6.45, 7) is 0. The molecule has 0 unspecified atom stereocenters. The van der Waals surface area contributed by atoms with E-state index in [2.05, 4.69) is 24.3 Å². The molecule has 0 aromatic heterocycles. The molecule has 4 rings (SSSR count). The van der Waals surface area contributed by atoms with E-state index in [1.54, 1.807) is 7.11 Å². The Morgan fingerprint density at radius 2 is 1.26 bits per heavy atom. The minimum absolute atomic E-state index is 0.830. The van der Waals surface area contributed by atoms with Gasteiger partial charge in [-0.3, -0.25) is 0 Å². The molecule has 0 aliphatic heterocycles. The molecule has 0 atom stereocenters. The van der Waals surface area contributed by atoms with Crippen LogP contribution in [-0.4, -0.2) is 7.11 Å². The Balaban J connectivity index is 1.80. The maximum absolute atomic E-state index is 6.14. The maximum Gasteiger partial charge on any atom is 0.135 e. The van der Waals surface area contributed by atoms with Gasteiger partial charge in [0.1, 0.15) is 17.2 Å². The van der Waals surface area contributed by atoms with Gasteiger partial charge in [-0.1, -0.05) is 54.6 Å². The molecule has 2 nitrogen and oxygen atoms in total. The Labute approximate surface area is 134 Å². The molecule has 4 aromatic rings. The lowest BCUT2D eigenvalue weighted by Gasteiger charge is -2.12. The SMILES string of the molecule is COc1ccc(Oc2ccc3ccccc3c2)c2ccccc12. The lowest BCUT2D eigenvalue weighted by molar-refractivity contribution is 0.418. The molecule has 4 aromatic carbocycles. The van der Waals surface area contributed by atoms with Gasteiger partial charge in [-0.25, -0.2) is 0 Å². The Morgan fingerprint density at radius 3 is 2.04 bits per heavy atom. The molecule has 0 aliphatic carbocycles. The third-order valence-corrected chi connectivity index (χ3v) is 4.01. The number of ether oxygens (including phenoxy) is 2. The molecule has 0 heterocycles. The second kappa shape index (κ2) is 5.65. The first-order chi connectivity index (χ1) is 11.3. The summed E-state index contributed by atoms with van der Waals surface area (Å²) in [4.78, 5) is 0. The molecule has 0 saturated carbocycles. The smallest absolute Gasteiger partial charge is 0.135 e. The van der Waals surface area contributed by atoms with Crippen LogP contribution in [0.3, 0.4) is 0 Å². The van der Waals surface area contributed by atoms with Crippen molar-refractivity contribution in [1.82, 2.24) is 0 Å². The molecule has 0 spiro atoms. The van der Waals surface area contributed by atoms with Crippen LogP contribution in [0.25, 0.3) is 21.5 Å². The van der Waals surface area contributed by atoms with Crippen LogP contribution in [-0.2, 0) is 0 Å². The standard InChI is InChI=1S/C21H16O2/c1-22-20-12-13-21(19-9-5-4-8-18(19)20)23-17-11-10-15-6-2-3-7-16(15)14-17/h2-14H,1H3. The summed E-state index contributed by atoms with van der Waals surface area (Å²) in [5.41, 5.74) is 0. The fraction of sp³-hybridized carbons (Fsp3) is 0.0476. The largest absolute Gasteiger partial charge is 0.496 e. The highest BCUT2D eigenvalue weighted by atomic mass is 16.5. The molecule has 2 heteroatoms. The van der Waals surface area contributed by atoms with Crippen molar-refractivity contribution in [2.24, 2.45) is 0 Å². The number of rotatable bonds is 3. The van der Waals surface area contributed by atoms with Gasteiger partial charge in [0, 0.05) is 10.8 Å². The van der Waals surface area contributed by atoms with Gasteiger partial charge in [0.25, 0.3) is 0 Å². The summed E-state index contributed by atoms with van der Waals surface area (Å²) in [5, 5.41) is 4.47. The summed E-state index contributed by atoms with van der Waals surface area (Å²) < 4.78 is 11.6. The van der Waals surface area contributed by atoms with Crippen LogP contribution in [0.5, 0.6) is 17.2 Å². The number of methoxy groups -OCH3 is 1. The first-order valence-electron chi connectivity index (χ1n) is 7.57. The van der Waals surface area contributed by atoms with Gasteiger partial charge in [0.15, 0.2) is 0 Å². The Morgan fingerprint density at radius 1 is 0.609 bits per heavy atom. The number of fused-ring (bicyclic) bond motifs is 2. The molecule has 112 valence electrons. The average molecular weight is 300 g/mol. The summed E-state index contributed by atoms with van der Waals surface area (Å²) in [6.07, 6.45) is 0. The Hall–Kier alpha value is -3.00. The normalized spacial score (nSPS) is 10.8. The molecule has 0 radical (unpaired) electrons. The zero-order valence-corrected chi connectivity index (χ0v) is 12.8. The van der Waals surface area contributed by atoms with Crippen LogP contribution in [0.15, 0.2) is 78.9 Å². The predicted octanol–water partition coefficient (Wildman–Crippen LogP) is 5.79. The van der Waals surface area contributed by atoms with Gasteiger partial charge in [-0.05, 0) is 35.0 Å². The highest BCUT2D eigenvalue weighted by molar-refractivity contribution is 5.93. The number of benzene rings is 4. The minimum Gasteiger partial charge on any atom is -0.496 e. The van der Waals surface area contributed by atoms with E-state index in [1.165, 1.54) is 10.8 Å². The van der Waals surface area contributed by atoms with Crippen LogP contribution < -0.4 is 9.47 Å². The van der Waals surface area contributed by atoms with Gasteiger partial charge in [-0.2, -0.15) is 0 Å². The van der Waals surface area contributed by atoms with E-state index in [0.717, 1.165) is 28.0 Å². The lowest BCUT2D eigenvalue weighted by Crippen LogP contribution is -1.89. The summed E-state index contributed by atoms with van der Waals surface area (Å²) in [6, 6.07) is 26.4. The van der Waals surface area contributed by atoms with Gasteiger partial charge < -0.3 is 9.47 Å². The number of hydrogen-bond acceptors (Lipinski definition) is 2. The third-order valence-electron chi connectivity index (χ3n) is 4.01. The fourth-order valence-corrected chi connectivity index (χ4v) is 2.87. The summed E-state index contributed by atoms with van der Waals surface area (Å²) in [5.74, 6) is 2.52. The summed E-state index contributed by atoms with van der Waals surface area (Å²) >= 11 is 0. The van der Waals surface area contributed by atoms with Gasteiger partial charge in [0.05, 0.1) is 7.11 Å². The van der Waals surface area contributed by atoms with Crippen LogP contribution >= 0.6 is 0 Å². The zero-order chi connectivity index (χ0) is 15.6. The lowest BCUT2D eigenvalue weighted by atomic mass is 10.1. The van der Waals surface area contributed by atoms with Crippen molar-refractivity contribution >= 4 is 21.5 Å². The average Bonchev–Trinajstić information content (AvgIpc) is 2.62. The fourth-order valence-electron chi connectivity index (χ4n) is 2.87. The quantitative estimate of drug-likeness (QED) is 0.476. The van der Waals surface area contributed by atoms with Crippen molar-refractivity contribution in [2.75, 3.05) is 7.11 Å². The van der Waals surface area contributed by atoms with Crippen molar-refractivity contribution in [1.29, 1.82) is 0 Å². The number of hydrogen-bond donors (Lipinski definition) is 0. The molecule has 0 aliphatic rings. The van der Waals surface area contributed by atoms with E-state index in [4.69, 9.17) is 9.47 Å². The van der Waals surface area contributed by atoms with Crippen molar-refractivity contribution in [3.05, 3.63) is 78.9 Å². The van der Waals surface area contributed by atoms with Gasteiger partial charge in [-0.15, -0.1) is 0 Å². The minimum atomic E-state index is 0.830. The Kier molecular flexibility index (Phi) is 3.35. The molecule has 0 fully saturated rings. The zero-order valence-electron chi connectivity index (χ0n) is 12.8. The highest BCUT2D eigenvalue weighted by Crippen LogP contribution is 2.35. The monoisotopic (exact) mass is 300 g/mol. The third kappa shape index (κ3) is 2.49. The maximum atomic E-state index is 6.14. The van der Waals surface area contributed by atoms with E-state index in [9.17, 15) is 0 Å². The van der Waals surface area contributed by atoms with Crippen molar-refractivity contribution in [2.45, 2.75) is 0 Å². The van der Waals surface area contributed by atoms with E-state index in [-0.39, 0.29) is 0 Å². The van der Waals surface area contributed by atoms with Crippen molar-refractivity contribution in [3.8, 4) is 17.2 Å². The molecule has 0 N–H and O–H groups in total. The Bertz CT molecular complexity index is 989. The van der Waals surface area contributed by atoms with Crippen LogP contribution in [0.2, 0.25) is 0 Å². The molecule has 0 saturated heterocycles. The van der Waals surface area contributed by atoms with Crippen molar-refractivity contribution < 1.29 is 9.47 Å². The summed E-state index contributed by atoms with van der Waals surface area (Å²) in [7, 11) is 1.69. The molecule has 23 heavy (non-hydrogen) atoms. The molecular formula is C21H16O2. The first-order valence-corrected chi connectivity index (χ1v) is 7.57. The van der Waals surface area contributed by atoms with Crippen LogP contribution in [0.1, 0.15) is 0 Å². The molecular weight excluding hydrogens is 284 g/mol. The van der Waals surface area contributed by atoms with Gasteiger partial charge in [0.2, 0.25) is 0 Å². The van der Waals surface area contributed by atoms with E-state index in [0.29, 0.717) is 0 Å². The van der Waals surface area contributed by atoms with E-state index in [1.807, 2.05) is 54.6 Å². The first kappa shape index (κ1) is 13.6. The predicted molar refractivity (Wildman–Crippen MR) is 94.5 cm³/mol. The van der Waals surface area contributed by atoms with E-state index < -0.39 is 0 Å². The second-order valence-electron chi connectivity index (χ2n) is 5.42. The van der Waals surface area contributed by atoms with E-state index >= 15 is 0 Å². The van der Waals surface area contributed by atoms with Crippen molar-refractivity contribution in [3.63, 3.8) is 0 Å². The molecule has 0 amide bonds. The highest BCUT2D eigenvalue weighted by Gasteiger charge is 2.08. The van der Waals surface area contributed by atoms with Crippen LogP contribution in [0, 0.1) is 0 Å². The topological polar surface area (TPSA) is 18.5 Å². The molecule has 0 bridgehead atoms. The second-order valence-corrected chi connectivity index (χ2v) is 5.42. The van der Waals surface area contributed by atoms with Crippen LogP contribution in [0.4, 0.5) is 0 Å². The van der Waals surface area contributed by atoms with Gasteiger partial charge >= 0.3 is 0 Å².